The molecule has 6 heteroatoms. The maximum absolute atomic E-state index is 13.4. The number of pyridine rings is 1. The highest BCUT2D eigenvalue weighted by molar-refractivity contribution is 5.87. The SMILES string of the molecule is Cc1ncc(-c2ccc(O)cc2)c(N2CCC(C)(C)CC2)c1C(OC(C)(C)C)C(=O)OC(C)C. The highest BCUT2D eigenvalue weighted by Gasteiger charge is 2.37. The lowest BCUT2D eigenvalue weighted by Crippen LogP contribution is -2.39. The lowest BCUT2D eigenvalue weighted by molar-refractivity contribution is -0.171. The number of phenols is 1. The van der Waals surface area contributed by atoms with Gasteiger partial charge in [0.15, 0.2) is 6.10 Å². The number of esters is 1. The summed E-state index contributed by atoms with van der Waals surface area (Å²) in [5.41, 5.74) is 4.02. The number of hydrogen-bond acceptors (Lipinski definition) is 6. The van der Waals surface area contributed by atoms with Crippen LogP contribution >= 0.6 is 0 Å². The number of nitrogens with zero attached hydrogens (tertiary/aromatic N) is 2. The number of carbonyl (C=O) groups is 1. The molecule has 34 heavy (non-hydrogen) atoms. The molecule has 0 saturated carbocycles. The maximum Gasteiger partial charge on any atom is 0.340 e. The fourth-order valence-corrected chi connectivity index (χ4v) is 4.32. The van der Waals surface area contributed by atoms with Gasteiger partial charge in [-0.2, -0.15) is 0 Å². The number of phenolic OH excluding ortho intramolecular Hbond substituents is 1. The van der Waals surface area contributed by atoms with E-state index in [-0.39, 0.29) is 17.3 Å². The van der Waals surface area contributed by atoms with E-state index < -0.39 is 17.7 Å². The van der Waals surface area contributed by atoms with Crippen LogP contribution in [0.4, 0.5) is 5.69 Å². The number of ether oxygens (including phenoxy) is 2. The molecule has 6 nitrogen and oxygen atoms in total. The molecule has 0 spiro atoms. The van der Waals surface area contributed by atoms with Crippen LogP contribution in [0.5, 0.6) is 5.75 Å². The number of rotatable bonds is 6. The molecule has 2 heterocycles. The Morgan fingerprint density at radius 2 is 1.71 bits per heavy atom. The largest absolute Gasteiger partial charge is 0.508 e. The summed E-state index contributed by atoms with van der Waals surface area (Å²) in [7, 11) is 0. The number of benzene rings is 1. The van der Waals surface area contributed by atoms with E-state index in [0.29, 0.717) is 0 Å². The molecule has 2 aromatic rings. The van der Waals surface area contributed by atoms with E-state index in [4.69, 9.17) is 14.5 Å². The van der Waals surface area contributed by atoms with Gasteiger partial charge in [0.1, 0.15) is 5.75 Å². The molecule has 1 N–H and O–H groups in total. The summed E-state index contributed by atoms with van der Waals surface area (Å²) in [4.78, 5) is 20.4. The predicted molar refractivity (Wildman–Crippen MR) is 136 cm³/mol. The van der Waals surface area contributed by atoms with Crippen molar-refractivity contribution in [3.63, 3.8) is 0 Å². The van der Waals surface area contributed by atoms with E-state index in [1.54, 1.807) is 12.1 Å². The Kier molecular flexibility index (Phi) is 7.61. The van der Waals surface area contributed by atoms with Crippen molar-refractivity contribution in [3.8, 4) is 16.9 Å². The first-order chi connectivity index (χ1) is 15.8. The lowest BCUT2D eigenvalue weighted by Gasteiger charge is -2.41. The van der Waals surface area contributed by atoms with E-state index in [1.165, 1.54) is 0 Å². The van der Waals surface area contributed by atoms with Crippen molar-refractivity contribution in [2.24, 2.45) is 5.41 Å². The molecule has 1 aromatic heterocycles. The van der Waals surface area contributed by atoms with Gasteiger partial charge < -0.3 is 19.5 Å². The Hall–Kier alpha value is -2.60. The van der Waals surface area contributed by atoms with E-state index >= 15 is 0 Å². The van der Waals surface area contributed by atoms with Crippen molar-refractivity contribution >= 4 is 11.7 Å². The summed E-state index contributed by atoms with van der Waals surface area (Å²) in [6.07, 6.45) is 2.79. The lowest BCUT2D eigenvalue weighted by atomic mass is 9.82. The minimum absolute atomic E-state index is 0.208. The van der Waals surface area contributed by atoms with Crippen molar-refractivity contribution in [1.29, 1.82) is 0 Å². The number of carbonyl (C=O) groups excluding carboxylic acids is 1. The number of aryl methyl sites for hydroxylation is 1. The van der Waals surface area contributed by atoms with Crippen LogP contribution in [0.3, 0.4) is 0 Å². The molecule has 1 aliphatic heterocycles. The van der Waals surface area contributed by atoms with Crippen molar-refractivity contribution < 1.29 is 19.4 Å². The second kappa shape index (κ2) is 9.95. The van der Waals surface area contributed by atoms with E-state index in [2.05, 4.69) is 18.7 Å². The highest BCUT2D eigenvalue weighted by Crippen LogP contribution is 2.43. The Labute approximate surface area is 204 Å². The summed E-state index contributed by atoms with van der Waals surface area (Å²) in [5.74, 6) is -0.198. The van der Waals surface area contributed by atoms with Gasteiger partial charge in [-0.25, -0.2) is 4.79 Å². The van der Waals surface area contributed by atoms with Crippen LogP contribution in [-0.2, 0) is 14.3 Å². The third kappa shape index (κ3) is 6.29. The van der Waals surface area contributed by atoms with Crippen LogP contribution in [0, 0.1) is 12.3 Å². The number of hydrogen-bond donors (Lipinski definition) is 1. The minimum Gasteiger partial charge on any atom is -0.508 e. The molecule has 0 bridgehead atoms. The van der Waals surface area contributed by atoms with Crippen LogP contribution in [-0.4, -0.2) is 40.9 Å². The Morgan fingerprint density at radius 1 is 1.12 bits per heavy atom. The van der Waals surface area contributed by atoms with Gasteiger partial charge in [0.2, 0.25) is 0 Å². The number of piperidine rings is 1. The molecule has 0 amide bonds. The predicted octanol–water partition coefficient (Wildman–Crippen LogP) is 6.20. The molecule has 186 valence electrons. The first kappa shape index (κ1) is 26.0. The van der Waals surface area contributed by atoms with E-state index in [1.807, 2.05) is 59.9 Å². The molecule has 1 aromatic carbocycles. The van der Waals surface area contributed by atoms with Crippen LogP contribution in [0.1, 0.15) is 78.7 Å². The molecule has 1 saturated heterocycles. The Balaban J connectivity index is 2.23. The molecule has 1 aliphatic rings. The third-order valence-electron chi connectivity index (χ3n) is 6.20. The standard InChI is InChI=1S/C28H40N2O4/c1-18(2)33-26(32)25(34-27(4,5)6)23-19(3)29-17-22(20-9-11-21(31)12-10-20)24(23)30-15-13-28(7,8)14-16-30/h9-12,17-18,25,31H,13-16H2,1-8H3. The monoisotopic (exact) mass is 468 g/mol. The zero-order chi connectivity index (χ0) is 25.3. The fraction of sp³-hybridized carbons (Fsp3) is 0.571. The van der Waals surface area contributed by atoms with Gasteiger partial charge in [-0.05, 0) is 77.5 Å². The van der Waals surface area contributed by atoms with Crippen LogP contribution < -0.4 is 4.90 Å². The number of anilines is 1. The van der Waals surface area contributed by atoms with Crippen LogP contribution in [0.25, 0.3) is 11.1 Å². The smallest absolute Gasteiger partial charge is 0.340 e. The van der Waals surface area contributed by atoms with Gasteiger partial charge in [-0.15, -0.1) is 0 Å². The van der Waals surface area contributed by atoms with Crippen molar-refractivity contribution in [2.75, 3.05) is 18.0 Å². The molecule has 1 unspecified atom stereocenters. The summed E-state index contributed by atoms with van der Waals surface area (Å²) >= 11 is 0. The number of aromatic hydroxyl groups is 1. The molecule has 1 fully saturated rings. The zero-order valence-electron chi connectivity index (χ0n) is 21.9. The third-order valence-corrected chi connectivity index (χ3v) is 6.20. The van der Waals surface area contributed by atoms with Crippen molar-refractivity contribution in [3.05, 3.63) is 41.7 Å². The summed E-state index contributed by atoms with van der Waals surface area (Å²) in [6, 6.07) is 7.12. The zero-order valence-corrected chi connectivity index (χ0v) is 21.9. The Morgan fingerprint density at radius 3 is 2.24 bits per heavy atom. The van der Waals surface area contributed by atoms with Gasteiger partial charge >= 0.3 is 5.97 Å². The highest BCUT2D eigenvalue weighted by atomic mass is 16.6. The molecular weight excluding hydrogens is 428 g/mol. The van der Waals surface area contributed by atoms with Crippen molar-refractivity contribution in [2.45, 2.75) is 86.0 Å². The van der Waals surface area contributed by atoms with Gasteiger partial charge in [-0.3, -0.25) is 4.98 Å². The molecular formula is C28H40N2O4. The van der Waals surface area contributed by atoms with Crippen LogP contribution in [0.2, 0.25) is 0 Å². The number of aromatic nitrogens is 1. The van der Waals surface area contributed by atoms with E-state index in [0.717, 1.165) is 54.0 Å². The first-order valence-electron chi connectivity index (χ1n) is 12.2. The summed E-state index contributed by atoms with van der Waals surface area (Å²) in [5, 5.41) is 9.84. The summed E-state index contributed by atoms with van der Waals surface area (Å²) in [6.45, 7) is 17.8. The second-order valence-corrected chi connectivity index (χ2v) is 11.3. The average molecular weight is 469 g/mol. The summed E-state index contributed by atoms with van der Waals surface area (Å²) < 4.78 is 12.0. The van der Waals surface area contributed by atoms with E-state index in [9.17, 15) is 9.90 Å². The quantitative estimate of drug-likeness (QED) is 0.509. The second-order valence-electron chi connectivity index (χ2n) is 11.3. The molecule has 3 rings (SSSR count). The topological polar surface area (TPSA) is 71.9 Å². The average Bonchev–Trinajstić information content (AvgIpc) is 2.72. The maximum atomic E-state index is 13.4. The Bertz CT molecular complexity index is 996. The van der Waals surface area contributed by atoms with Gasteiger partial charge in [0.25, 0.3) is 0 Å². The van der Waals surface area contributed by atoms with Gasteiger partial charge in [0, 0.05) is 36.1 Å². The van der Waals surface area contributed by atoms with Gasteiger partial charge in [0.05, 0.1) is 17.4 Å². The van der Waals surface area contributed by atoms with Gasteiger partial charge in [-0.1, -0.05) is 26.0 Å². The fourth-order valence-electron chi connectivity index (χ4n) is 4.32. The molecule has 0 aliphatic carbocycles. The first-order valence-corrected chi connectivity index (χ1v) is 12.2. The van der Waals surface area contributed by atoms with Crippen LogP contribution in [0.15, 0.2) is 30.5 Å². The normalized spacial score (nSPS) is 17.0. The minimum atomic E-state index is -0.906. The molecule has 0 radical (unpaired) electrons. The molecule has 1 atom stereocenters. The van der Waals surface area contributed by atoms with Crippen molar-refractivity contribution in [1.82, 2.24) is 4.98 Å².